The second kappa shape index (κ2) is 6.38. The summed E-state index contributed by atoms with van der Waals surface area (Å²) in [6.45, 7) is 0. The third-order valence-electron chi connectivity index (χ3n) is 6.47. The molecular weight excluding hydrogens is 441 g/mol. The van der Waals surface area contributed by atoms with Crippen LogP contribution in [0.2, 0.25) is 0 Å². The number of nitrogens with zero attached hydrogens (tertiary/aromatic N) is 3. The highest BCUT2D eigenvalue weighted by Crippen LogP contribution is 2.70. The monoisotopic (exact) mass is 459 g/mol. The van der Waals surface area contributed by atoms with E-state index in [0.717, 1.165) is 30.5 Å². The fraction of sp³-hybridized carbons (Fsp3) is 0.476. The van der Waals surface area contributed by atoms with Gasteiger partial charge in [0.2, 0.25) is 0 Å². The molecule has 0 spiro atoms. The number of esters is 1. The lowest BCUT2D eigenvalue weighted by Gasteiger charge is -2.68. The number of halogens is 2. The molecule has 4 aliphatic rings. The molecule has 2 aromatic rings. The Morgan fingerprint density at radius 3 is 2.83 bits per heavy atom. The minimum Gasteiger partial charge on any atom is -0.469 e. The summed E-state index contributed by atoms with van der Waals surface area (Å²) in [6, 6.07) is 6.86. The minimum absolute atomic E-state index is 0.153. The van der Waals surface area contributed by atoms with Gasteiger partial charge in [-0.15, -0.1) is 0 Å². The van der Waals surface area contributed by atoms with Crippen LogP contribution < -0.4 is 0 Å². The van der Waals surface area contributed by atoms with E-state index in [0.29, 0.717) is 35.1 Å². The molecule has 1 heterocycles. The van der Waals surface area contributed by atoms with Gasteiger partial charge in [0.1, 0.15) is 18.0 Å². The number of fused-ring (bicyclic) bond motifs is 1. The molecule has 1 atom stereocenters. The molecular formula is C21H19BrFN3O3. The van der Waals surface area contributed by atoms with E-state index < -0.39 is 0 Å². The summed E-state index contributed by atoms with van der Waals surface area (Å²) in [4.78, 5) is 12.0. The van der Waals surface area contributed by atoms with Gasteiger partial charge < -0.3 is 9.47 Å². The molecule has 2 bridgehead atoms. The van der Waals surface area contributed by atoms with Gasteiger partial charge in [0.05, 0.1) is 34.0 Å². The zero-order valence-electron chi connectivity index (χ0n) is 15.9. The van der Waals surface area contributed by atoms with Crippen molar-refractivity contribution in [2.75, 3.05) is 7.11 Å². The molecule has 1 aromatic carbocycles. The standard InChI is InChI=1S/C21H19BrFN3O3/c1-28-19(27)20-9-21(10-20,11-20)29-17-4-2-3-13-16(8-24)25-26(18(13)17)12-5-6-15(23)14(22)7-12/h5-7,17H,2-4,9-11H2,1H3. The van der Waals surface area contributed by atoms with E-state index in [1.807, 2.05) is 0 Å². The first-order chi connectivity index (χ1) is 13.9. The Morgan fingerprint density at radius 1 is 1.41 bits per heavy atom. The van der Waals surface area contributed by atoms with E-state index in [9.17, 15) is 14.4 Å². The normalized spacial score (nSPS) is 29.2. The maximum atomic E-state index is 13.7. The van der Waals surface area contributed by atoms with Gasteiger partial charge >= 0.3 is 5.97 Å². The first-order valence-electron chi connectivity index (χ1n) is 9.64. The average Bonchev–Trinajstić information content (AvgIpc) is 3.04. The molecule has 0 amide bonds. The molecule has 3 fully saturated rings. The van der Waals surface area contributed by atoms with Crippen LogP contribution in [0.15, 0.2) is 22.7 Å². The van der Waals surface area contributed by atoms with E-state index in [-0.39, 0.29) is 28.9 Å². The number of nitriles is 1. The van der Waals surface area contributed by atoms with Crippen LogP contribution in [0.4, 0.5) is 4.39 Å². The Morgan fingerprint density at radius 2 is 2.17 bits per heavy atom. The number of benzene rings is 1. The molecule has 1 aromatic heterocycles. The van der Waals surface area contributed by atoms with Gasteiger partial charge in [-0.25, -0.2) is 9.07 Å². The number of methoxy groups -OCH3 is 1. The first-order valence-corrected chi connectivity index (χ1v) is 10.4. The Bertz CT molecular complexity index is 1050. The predicted octanol–water partition coefficient (Wildman–Crippen LogP) is 4.14. The Labute approximate surface area is 175 Å². The summed E-state index contributed by atoms with van der Waals surface area (Å²) in [6.07, 6.45) is 4.31. The van der Waals surface area contributed by atoms with Crippen molar-refractivity contribution in [2.45, 2.75) is 50.2 Å². The quantitative estimate of drug-likeness (QED) is 0.642. The predicted molar refractivity (Wildman–Crippen MR) is 104 cm³/mol. The number of hydrogen-bond acceptors (Lipinski definition) is 5. The largest absolute Gasteiger partial charge is 0.469 e. The molecule has 1 unspecified atom stereocenters. The van der Waals surface area contributed by atoms with Crippen LogP contribution >= 0.6 is 15.9 Å². The van der Waals surface area contributed by atoms with Crippen molar-refractivity contribution in [1.82, 2.24) is 9.78 Å². The molecule has 0 N–H and O–H groups in total. The van der Waals surface area contributed by atoms with Crippen LogP contribution in [-0.2, 0) is 20.7 Å². The second-order valence-corrected chi connectivity index (χ2v) is 9.17. The van der Waals surface area contributed by atoms with Crippen LogP contribution in [0.5, 0.6) is 0 Å². The lowest BCUT2D eigenvalue weighted by atomic mass is 9.41. The molecule has 8 heteroatoms. The van der Waals surface area contributed by atoms with Gasteiger partial charge in [0.25, 0.3) is 0 Å². The maximum Gasteiger partial charge on any atom is 0.312 e. The second-order valence-electron chi connectivity index (χ2n) is 8.32. The van der Waals surface area contributed by atoms with Crippen molar-refractivity contribution in [3.8, 4) is 11.8 Å². The fourth-order valence-electron chi connectivity index (χ4n) is 5.21. The summed E-state index contributed by atoms with van der Waals surface area (Å²) in [5.41, 5.74) is 2.17. The highest BCUT2D eigenvalue weighted by molar-refractivity contribution is 9.10. The van der Waals surface area contributed by atoms with Crippen molar-refractivity contribution < 1.29 is 18.7 Å². The average molecular weight is 460 g/mol. The molecule has 29 heavy (non-hydrogen) atoms. The summed E-state index contributed by atoms with van der Waals surface area (Å²) in [5.74, 6) is -0.509. The summed E-state index contributed by atoms with van der Waals surface area (Å²) < 4.78 is 27.2. The van der Waals surface area contributed by atoms with Crippen LogP contribution in [0.1, 0.15) is 55.2 Å². The molecule has 0 saturated heterocycles. The van der Waals surface area contributed by atoms with E-state index in [1.54, 1.807) is 16.8 Å². The zero-order valence-corrected chi connectivity index (χ0v) is 17.5. The third-order valence-corrected chi connectivity index (χ3v) is 7.07. The van der Waals surface area contributed by atoms with Gasteiger partial charge in [-0.2, -0.15) is 10.4 Å². The maximum absolute atomic E-state index is 13.7. The van der Waals surface area contributed by atoms with Gasteiger partial charge in [-0.3, -0.25) is 4.79 Å². The van der Waals surface area contributed by atoms with E-state index in [2.05, 4.69) is 27.1 Å². The third kappa shape index (κ3) is 2.67. The lowest BCUT2D eigenvalue weighted by Crippen LogP contribution is -2.71. The van der Waals surface area contributed by atoms with Gasteiger partial charge in [0, 0.05) is 5.56 Å². The summed E-state index contributed by atoms with van der Waals surface area (Å²) in [7, 11) is 1.42. The van der Waals surface area contributed by atoms with E-state index in [4.69, 9.17) is 9.47 Å². The first kappa shape index (κ1) is 18.8. The van der Waals surface area contributed by atoms with Gasteiger partial charge in [0.15, 0.2) is 5.69 Å². The van der Waals surface area contributed by atoms with E-state index in [1.165, 1.54) is 13.2 Å². The van der Waals surface area contributed by atoms with Crippen LogP contribution in [0, 0.1) is 22.6 Å². The Balaban J connectivity index is 1.48. The SMILES string of the molecule is COC(=O)C12CC(OC3CCCc4c(C#N)nn(-c5ccc(F)c(Br)c5)c43)(C1)C2. The number of ether oxygens (including phenoxy) is 2. The number of carbonyl (C=O) groups excluding carboxylic acids is 1. The van der Waals surface area contributed by atoms with Gasteiger partial charge in [-0.1, -0.05) is 0 Å². The Kier molecular flexibility index (Phi) is 4.13. The van der Waals surface area contributed by atoms with Crippen molar-refractivity contribution in [2.24, 2.45) is 5.41 Å². The van der Waals surface area contributed by atoms with Crippen molar-refractivity contribution in [3.63, 3.8) is 0 Å². The zero-order chi connectivity index (χ0) is 20.4. The topological polar surface area (TPSA) is 77.1 Å². The highest BCUT2D eigenvalue weighted by Gasteiger charge is 2.74. The van der Waals surface area contributed by atoms with Crippen molar-refractivity contribution in [1.29, 1.82) is 5.26 Å². The molecule has 150 valence electrons. The summed E-state index contributed by atoms with van der Waals surface area (Å²) >= 11 is 3.22. The Hall–Kier alpha value is -2.24. The van der Waals surface area contributed by atoms with Crippen molar-refractivity contribution >= 4 is 21.9 Å². The number of carbonyl (C=O) groups is 1. The van der Waals surface area contributed by atoms with Crippen LogP contribution in [0.25, 0.3) is 5.69 Å². The molecule has 0 aliphatic heterocycles. The number of aromatic nitrogens is 2. The fourth-order valence-corrected chi connectivity index (χ4v) is 5.58. The highest BCUT2D eigenvalue weighted by atomic mass is 79.9. The molecule has 3 saturated carbocycles. The molecule has 6 nitrogen and oxygen atoms in total. The van der Waals surface area contributed by atoms with E-state index >= 15 is 0 Å². The minimum atomic E-state index is -0.369. The van der Waals surface area contributed by atoms with Crippen molar-refractivity contribution in [3.05, 3.63) is 45.4 Å². The molecule has 4 aliphatic carbocycles. The molecule has 0 radical (unpaired) electrons. The van der Waals surface area contributed by atoms with Gasteiger partial charge in [-0.05, 0) is 72.7 Å². The van der Waals surface area contributed by atoms with Crippen LogP contribution in [0.3, 0.4) is 0 Å². The smallest absolute Gasteiger partial charge is 0.312 e. The number of rotatable bonds is 4. The molecule has 6 rings (SSSR count). The summed E-state index contributed by atoms with van der Waals surface area (Å²) in [5, 5.41) is 14.1. The number of hydrogen-bond donors (Lipinski definition) is 0. The lowest BCUT2D eigenvalue weighted by molar-refractivity contribution is -0.301. The van der Waals surface area contributed by atoms with Crippen LogP contribution in [-0.4, -0.2) is 28.5 Å².